The Bertz CT molecular complexity index is 1230. The van der Waals surface area contributed by atoms with Crippen LogP contribution in [0.2, 0.25) is 10.0 Å². The van der Waals surface area contributed by atoms with E-state index in [1.807, 2.05) is 32.9 Å². The van der Waals surface area contributed by atoms with Crippen LogP contribution < -0.4 is 9.62 Å². The fraction of sp³-hybridized carbons (Fsp3) is 0.481. The predicted octanol–water partition coefficient (Wildman–Crippen LogP) is 4.95. The van der Waals surface area contributed by atoms with Gasteiger partial charge in [-0.3, -0.25) is 9.59 Å². The number of hydrogen-bond donors (Lipinski definition) is 1. The van der Waals surface area contributed by atoms with Gasteiger partial charge in [-0.25, -0.2) is 4.31 Å². The molecule has 2 rings (SSSR count). The number of hydrogen-bond acceptors (Lipinski definition) is 4. The smallest absolute Gasteiger partial charge is 0.304 e. The topological polar surface area (TPSA) is 90.0 Å². The first-order valence-corrected chi connectivity index (χ1v) is 14.7. The van der Waals surface area contributed by atoms with Crippen molar-refractivity contribution in [3.8, 4) is 0 Å². The first-order chi connectivity index (χ1) is 17.7. The van der Waals surface area contributed by atoms with Gasteiger partial charge in [-0.2, -0.15) is 12.7 Å². The molecule has 8 nitrogen and oxygen atoms in total. The standard InChI is InChI=1S/C27H38Cl2N4O4S/c1-8-20(5)30-27(35)24(9-2)32(16-21-22(28)11-10-12-23(21)29)26(34)17-33(38(36,37)31(6)7)25-15-18(3)13-14-19(25)4/h10-15,20,24H,8-9,16-17H2,1-7H3,(H,30,35)/t20-,24+/m0/s1. The van der Waals surface area contributed by atoms with Crippen molar-refractivity contribution in [3.63, 3.8) is 0 Å². The van der Waals surface area contributed by atoms with Crippen molar-refractivity contribution < 1.29 is 18.0 Å². The Balaban J connectivity index is 2.62. The van der Waals surface area contributed by atoms with Gasteiger partial charge in [0.15, 0.2) is 0 Å². The molecule has 0 radical (unpaired) electrons. The summed E-state index contributed by atoms with van der Waals surface area (Å²) in [5.41, 5.74) is 2.40. The van der Waals surface area contributed by atoms with Crippen LogP contribution in [0.5, 0.6) is 0 Å². The molecular formula is C27H38Cl2N4O4S. The second kappa shape index (κ2) is 13.6. The lowest BCUT2D eigenvalue weighted by atomic mass is 10.1. The summed E-state index contributed by atoms with van der Waals surface area (Å²) in [5.74, 6) is -0.884. The lowest BCUT2D eigenvalue weighted by molar-refractivity contribution is -0.140. The van der Waals surface area contributed by atoms with E-state index in [1.165, 1.54) is 19.0 Å². The summed E-state index contributed by atoms with van der Waals surface area (Å²) < 4.78 is 29.0. The highest BCUT2D eigenvalue weighted by Crippen LogP contribution is 2.29. The quantitative estimate of drug-likeness (QED) is 0.382. The van der Waals surface area contributed by atoms with Gasteiger partial charge in [-0.05, 0) is 62.9 Å². The predicted molar refractivity (Wildman–Crippen MR) is 155 cm³/mol. The van der Waals surface area contributed by atoms with Crippen LogP contribution in [0, 0.1) is 13.8 Å². The molecule has 0 spiro atoms. The number of anilines is 1. The molecule has 2 aromatic rings. The summed E-state index contributed by atoms with van der Waals surface area (Å²) in [5, 5.41) is 3.64. The second-order valence-corrected chi connectivity index (χ2v) is 12.4. The normalized spacial score (nSPS) is 13.2. The molecule has 0 aliphatic carbocycles. The SMILES string of the molecule is CC[C@H](C(=O)N[C@@H](C)CC)N(Cc1c(Cl)cccc1Cl)C(=O)CN(c1cc(C)ccc1C)S(=O)(=O)N(C)C. The molecule has 2 aromatic carbocycles. The second-order valence-electron chi connectivity index (χ2n) is 9.55. The van der Waals surface area contributed by atoms with Crippen LogP contribution in [0.25, 0.3) is 0 Å². The van der Waals surface area contributed by atoms with Gasteiger partial charge in [0.1, 0.15) is 12.6 Å². The van der Waals surface area contributed by atoms with Crippen molar-refractivity contribution in [1.29, 1.82) is 0 Å². The molecule has 0 unspecified atom stereocenters. The molecule has 0 saturated heterocycles. The number of rotatable bonds is 12. The lowest BCUT2D eigenvalue weighted by Crippen LogP contribution is -2.54. The Morgan fingerprint density at radius 1 is 1.00 bits per heavy atom. The lowest BCUT2D eigenvalue weighted by Gasteiger charge is -2.35. The van der Waals surface area contributed by atoms with Crippen LogP contribution in [0.15, 0.2) is 36.4 Å². The molecule has 38 heavy (non-hydrogen) atoms. The third-order valence-corrected chi connectivity index (χ3v) is 8.94. The first-order valence-electron chi connectivity index (χ1n) is 12.5. The van der Waals surface area contributed by atoms with Gasteiger partial charge >= 0.3 is 10.2 Å². The molecule has 0 saturated carbocycles. The highest BCUT2D eigenvalue weighted by Gasteiger charge is 2.35. The molecule has 0 fully saturated rings. The van der Waals surface area contributed by atoms with Crippen molar-refractivity contribution in [3.05, 3.63) is 63.1 Å². The molecular weight excluding hydrogens is 547 g/mol. The Hall–Kier alpha value is -2.33. The number of benzene rings is 2. The maximum absolute atomic E-state index is 14.0. The Morgan fingerprint density at radius 3 is 2.13 bits per heavy atom. The van der Waals surface area contributed by atoms with Crippen molar-refractivity contribution in [1.82, 2.24) is 14.5 Å². The molecule has 0 aromatic heterocycles. The van der Waals surface area contributed by atoms with Crippen LogP contribution in [-0.4, -0.2) is 62.2 Å². The molecule has 2 amide bonds. The van der Waals surface area contributed by atoms with E-state index >= 15 is 0 Å². The van der Waals surface area contributed by atoms with E-state index in [4.69, 9.17) is 23.2 Å². The minimum absolute atomic E-state index is 0.0631. The fourth-order valence-corrected chi connectivity index (χ4v) is 5.53. The number of halogens is 2. The molecule has 210 valence electrons. The first kappa shape index (κ1) is 31.9. The Morgan fingerprint density at radius 2 is 1.61 bits per heavy atom. The Labute approximate surface area is 237 Å². The number of nitrogens with zero attached hydrogens (tertiary/aromatic N) is 3. The van der Waals surface area contributed by atoms with Crippen LogP contribution in [-0.2, 0) is 26.3 Å². The molecule has 0 aliphatic rings. The highest BCUT2D eigenvalue weighted by atomic mass is 35.5. The largest absolute Gasteiger partial charge is 0.352 e. The number of aryl methyl sites for hydroxylation is 2. The van der Waals surface area contributed by atoms with Crippen molar-refractivity contribution >= 4 is 50.9 Å². The van der Waals surface area contributed by atoms with Crippen LogP contribution in [0.1, 0.15) is 50.3 Å². The van der Waals surface area contributed by atoms with Gasteiger partial charge in [0.05, 0.1) is 5.69 Å². The number of nitrogens with one attached hydrogen (secondary N) is 1. The molecule has 0 aliphatic heterocycles. The third kappa shape index (κ3) is 7.62. The van der Waals surface area contributed by atoms with E-state index in [0.717, 1.165) is 14.2 Å². The number of carbonyl (C=O) groups is 2. The van der Waals surface area contributed by atoms with Crippen molar-refractivity contribution in [2.45, 2.75) is 66.1 Å². The van der Waals surface area contributed by atoms with Gasteiger partial charge in [-0.15, -0.1) is 0 Å². The average Bonchev–Trinajstić information content (AvgIpc) is 2.85. The van der Waals surface area contributed by atoms with E-state index in [2.05, 4.69) is 5.32 Å². The number of carbonyl (C=O) groups excluding carboxylic acids is 2. The van der Waals surface area contributed by atoms with Crippen LogP contribution in [0.4, 0.5) is 5.69 Å². The maximum atomic E-state index is 14.0. The molecule has 1 N–H and O–H groups in total. The van der Waals surface area contributed by atoms with Gasteiger partial charge < -0.3 is 10.2 Å². The van der Waals surface area contributed by atoms with E-state index in [0.29, 0.717) is 39.7 Å². The summed E-state index contributed by atoms with van der Waals surface area (Å²) in [4.78, 5) is 28.7. The minimum atomic E-state index is -4.06. The van der Waals surface area contributed by atoms with Gasteiger partial charge in [0.25, 0.3) is 0 Å². The highest BCUT2D eigenvalue weighted by molar-refractivity contribution is 7.90. The molecule has 2 atom stereocenters. The summed E-state index contributed by atoms with van der Waals surface area (Å²) in [6, 6.07) is 9.45. The van der Waals surface area contributed by atoms with Crippen LogP contribution >= 0.6 is 23.2 Å². The van der Waals surface area contributed by atoms with E-state index in [1.54, 1.807) is 38.1 Å². The zero-order chi connectivity index (χ0) is 28.8. The number of amides is 2. The van der Waals surface area contributed by atoms with Gasteiger partial charge in [-0.1, -0.05) is 55.2 Å². The zero-order valence-electron chi connectivity index (χ0n) is 23.1. The molecule has 0 heterocycles. The average molecular weight is 586 g/mol. The maximum Gasteiger partial charge on any atom is 0.304 e. The summed E-state index contributed by atoms with van der Waals surface area (Å²) >= 11 is 12.9. The van der Waals surface area contributed by atoms with Gasteiger partial charge in [0.2, 0.25) is 11.8 Å². The Kier molecular flexibility index (Phi) is 11.4. The third-order valence-electron chi connectivity index (χ3n) is 6.43. The minimum Gasteiger partial charge on any atom is -0.352 e. The summed E-state index contributed by atoms with van der Waals surface area (Å²) in [6.07, 6.45) is 1.02. The van der Waals surface area contributed by atoms with Crippen molar-refractivity contribution in [2.75, 3.05) is 24.9 Å². The summed E-state index contributed by atoms with van der Waals surface area (Å²) in [6.45, 7) is 8.69. The van der Waals surface area contributed by atoms with E-state index < -0.39 is 28.7 Å². The monoisotopic (exact) mass is 584 g/mol. The molecule has 11 heteroatoms. The zero-order valence-corrected chi connectivity index (χ0v) is 25.4. The van der Waals surface area contributed by atoms with Crippen molar-refractivity contribution in [2.24, 2.45) is 0 Å². The summed E-state index contributed by atoms with van der Waals surface area (Å²) in [7, 11) is -1.24. The molecule has 0 bridgehead atoms. The fourth-order valence-electron chi connectivity index (χ4n) is 3.90. The van der Waals surface area contributed by atoms with E-state index in [9.17, 15) is 18.0 Å². The van der Waals surface area contributed by atoms with Crippen LogP contribution in [0.3, 0.4) is 0 Å². The van der Waals surface area contributed by atoms with E-state index in [-0.39, 0.29) is 18.5 Å². The van der Waals surface area contributed by atoms with Gasteiger partial charge in [0, 0.05) is 42.3 Å².